The fourth-order valence-electron chi connectivity index (χ4n) is 1.58. The van der Waals surface area contributed by atoms with Gasteiger partial charge in [-0.15, -0.1) is 0 Å². The van der Waals surface area contributed by atoms with Crippen molar-refractivity contribution in [2.45, 2.75) is 32.9 Å². The minimum Gasteiger partial charge on any atom is -0.480 e. The molecule has 0 aliphatic carbocycles. The van der Waals surface area contributed by atoms with Crippen LogP contribution in [0.5, 0.6) is 0 Å². The molecule has 0 aliphatic heterocycles. The first kappa shape index (κ1) is 12.7. The van der Waals surface area contributed by atoms with Crippen LogP contribution in [0.3, 0.4) is 0 Å². The van der Waals surface area contributed by atoms with Gasteiger partial charge in [0.2, 0.25) is 0 Å². The Morgan fingerprint density at radius 1 is 1.31 bits per heavy atom. The van der Waals surface area contributed by atoms with Gasteiger partial charge in [-0.3, -0.25) is 4.79 Å². The van der Waals surface area contributed by atoms with Crippen molar-refractivity contribution in [1.82, 2.24) is 5.32 Å². The standard InChI is InChI=1S/C13H19NO2/c1-10(2)8-12(13(15)16)14-9-11-6-4-3-5-7-11/h3-7,10,12,14H,8-9H2,1-2H3,(H,15,16). The van der Waals surface area contributed by atoms with Gasteiger partial charge in [-0.2, -0.15) is 0 Å². The molecule has 0 saturated heterocycles. The number of rotatable bonds is 6. The van der Waals surface area contributed by atoms with Crippen LogP contribution >= 0.6 is 0 Å². The quantitative estimate of drug-likeness (QED) is 0.774. The minimum absolute atomic E-state index is 0.379. The van der Waals surface area contributed by atoms with Gasteiger partial charge < -0.3 is 10.4 Å². The lowest BCUT2D eigenvalue weighted by molar-refractivity contribution is -0.140. The molecule has 0 heterocycles. The summed E-state index contributed by atoms with van der Waals surface area (Å²) in [5.41, 5.74) is 1.11. The van der Waals surface area contributed by atoms with Gasteiger partial charge in [-0.05, 0) is 17.9 Å². The summed E-state index contributed by atoms with van der Waals surface area (Å²) in [7, 11) is 0. The van der Waals surface area contributed by atoms with Gasteiger partial charge >= 0.3 is 5.97 Å². The number of benzene rings is 1. The number of carboxylic acid groups (broad SMARTS) is 1. The van der Waals surface area contributed by atoms with Gasteiger partial charge in [-0.1, -0.05) is 44.2 Å². The third-order valence-electron chi connectivity index (χ3n) is 2.40. The van der Waals surface area contributed by atoms with E-state index in [-0.39, 0.29) is 0 Å². The highest BCUT2D eigenvalue weighted by molar-refractivity contribution is 5.73. The van der Waals surface area contributed by atoms with Gasteiger partial charge in [0.05, 0.1) is 0 Å². The summed E-state index contributed by atoms with van der Waals surface area (Å²) in [6, 6.07) is 9.37. The largest absolute Gasteiger partial charge is 0.480 e. The Morgan fingerprint density at radius 2 is 1.94 bits per heavy atom. The molecule has 1 aromatic rings. The highest BCUT2D eigenvalue weighted by atomic mass is 16.4. The van der Waals surface area contributed by atoms with Gasteiger partial charge in [-0.25, -0.2) is 0 Å². The molecular formula is C13H19NO2. The van der Waals surface area contributed by atoms with E-state index in [1.165, 1.54) is 0 Å². The second-order valence-corrected chi connectivity index (χ2v) is 4.39. The molecule has 0 amide bonds. The number of nitrogens with one attached hydrogen (secondary N) is 1. The molecule has 3 heteroatoms. The molecule has 3 nitrogen and oxygen atoms in total. The van der Waals surface area contributed by atoms with Crippen LogP contribution in [-0.2, 0) is 11.3 Å². The first-order valence-corrected chi connectivity index (χ1v) is 5.59. The summed E-state index contributed by atoms with van der Waals surface area (Å²) in [4.78, 5) is 11.0. The van der Waals surface area contributed by atoms with Crippen molar-refractivity contribution < 1.29 is 9.90 Å². The maximum Gasteiger partial charge on any atom is 0.320 e. The predicted molar refractivity (Wildman–Crippen MR) is 64.2 cm³/mol. The Hall–Kier alpha value is -1.35. The lowest BCUT2D eigenvalue weighted by Gasteiger charge is -2.16. The normalized spacial score (nSPS) is 12.7. The molecule has 0 bridgehead atoms. The van der Waals surface area contributed by atoms with Gasteiger partial charge in [0.1, 0.15) is 6.04 Å². The maximum absolute atomic E-state index is 11.0. The third kappa shape index (κ3) is 4.45. The molecule has 0 aliphatic rings. The van der Waals surface area contributed by atoms with E-state index < -0.39 is 12.0 Å². The zero-order chi connectivity index (χ0) is 12.0. The van der Waals surface area contributed by atoms with E-state index in [0.717, 1.165) is 5.56 Å². The zero-order valence-corrected chi connectivity index (χ0v) is 9.81. The molecule has 88 valence electrons. The van der Waals surface area contributed by atoms with Crippen LogP contribution in [0, 0.1) is 5.92 Å². The molecule has 1 aromatic carbocycles. The molecule has 0 fully saturated rings. The number of hydrogen-bond acceptors (Lipinski definition) is 2. The van der Waals surface area contributed by atoms with Crippen molar-refractivity contribution in [3.63, 3.8) is 0 Å². The molecule has 16 heavy (non-hydrogen) atoms. The van der Waals surface area contributed by atoms with E-state index in [2.05, 4.69) is 5.32 Å². The van der Waals surface area contributed by atoms with Crippen LogP contribution < -0.4 is 5.32 Å². The van der Waals surface area contributed by atoms with Crippen molar-refractivity contribution in [2.24, 2.45) is 5.92 Å². The van der Waals surface area contributed by atoms with E-state index in [1.54, 1.807) is 0 Å². The minimum atomic E-state index is -0.773. The van der Waals surface area contributed by atoms with E-state index >= 15 is 0 Å². The average molecular weight is 221 g/mol. The zero-order valence-electron chi connectivity index (χ0n) is 9.81. The van der Waals surface area contributed by atoms with E-state index in [0.29, 0.717) is 18.9 Å². The summed E-state index contributed by atoms with van der Waals surface area (Å²) in [5.74, 6) is -0.394. The molecule has 1 unspecified atom stereocenters. The van der Waals surface area contributed by atoms with Crippen LogP contribution in [-0.4, -0.2) is 17.1 Å². The monoisotopic (exact) mass is 221 g/mol. The summed E-state index contributed by atoms with van der Waals surface area (Å²) >= 11 is 0. The van der Waals surface area contributed by atoms with Crippen molar-refractivity contribution in [3.8, 4) is 0 Å². The molecule has 1 atom stereocenters. The first-order valence-electron chi connectivity index (χ1n) is 5.59. The summed E-state index contributed by atoms with van der Waals surface area (Å²) in [6.07, 6.45) is 0.655. The molecular weight excluding hydrogens is 202 g/mol. The Labute approximate surface area is 96.5 Å². The van der Waals surface area contributed by atoms with Gasteiger partial charge in [0.25, 0.3) is 0 Å². The average Bonchev–Trinajstić information content (AvgIpc) is 2.25. The fourth-order valence-corrected chi connectivity index (χ4v) is 1.58. The van der Waals surface area contributed by atoms with Crippen LogP contribution in [0.2, 0.25) is 0 Å². The van der Waals surface area contributed by atoms with Crippen molar-refractivity contribution in [1.29, 1.82) is 0 Å². The molecule has 0 saturated carbocycles. The number of carboxylic acids is 1. The highest BCUT2D eigenvalue weighted by Crippen LogP contribution is 2.06. The second kappa shape index (κ2) is 6.28. The van der Waals surface area contributed by atoms with Crippen molar-refractivity contribution in [3.05, 3.63) is 35.9 Å². The van der Waals surface area contributed by atoms with Crippen LogP contribution in [0.25, 0.3) is 0 Å². The Bertz CT molecular complexity index is 322. The van der Waals surface area contributed by atoms with Crippen LogP contribution in [0.4, 0.5) is 0 Å². The van der Waals surface area contributed by atoms with E-state index in [9.17, 15) is 4.79 Å². The van der Waals surface area contributed by atoms with Crippen molar-refractivity contribution in [2.75, 3.05) is 0 Å². The lowest BCUT2D eigenvalue weighted by atomic mass is 10.0. The Balaban J connectivity index is 2.47. The maximum atomic E-state index is 11.0. The summed E-state index contributed by atoms with van der Waals surface area (Å²) in [5, 5.41) is 12.1. The molecule has 2 N–H and O–H groups in total. The molecule has 0 spiro atoms. The lowest BCUT2D eigenvalue weighted by Crippen LogP contribution is -2.37. The summed E-state index contributed by atoms with van der Waals surface area (Å²) in [6.45, 7) is 4.66. The van der Waals surface area contributed by atoms with Crippen LogP contribution in [0.1, 0.15) is 25.8 Å². The van der Waals surface area contributed by atoms with Crippen LogP contribution in [0.15, 0.2) is 30.3 Å². The smallest absolute Gasteiger partial charge is 0.320 e. The van der Waals surface area contributed by atoms with E-state index in [4.69, 9.17) is 5.11 Å². The van der Waals surface area contributed by atoms with Gasteiger partial charge in [0.15, 0.2) is 0 Å². The second-order valence-electron chi connectivity index (χ2n) is 4.39. The van der Waals surface area contributed by atoms with E-state index in [1.807, 2.05) is 44.2 Å². The Morgan fingerprint density at radius 3 is 2.44 bits per heavy atom. The molecule has 0 aromatic heterocycles. The number of carbonyl (C=O) groups is 1. The molecule has 1 rings (SSSR count). The number of aliphatic carboxylic acids is 1. The SMILES string of the molecule is CC(C)CC(NCc1ccccc1)C(=O)O. The number of hydrogen-bond donors (Lipinski definition) is 2. The third-order valence-corrected chi connectivity index (χ3v) is 2.40. The topological polar surface area (TPSA) is 49.3 Å². The predicted octanol–water partition coefficient (Wildman–Crippen LogP) is 2.28. The highest BCUT2D eigenvalue weighted by Gasteiger charge is 2.17. The Kier molecular flexibility index (Phi) is 4.99. The fraction of sp³-hybridized carbons (Fsp3) is 0.462. The first-order chi connectivity index (χ1) is 7.59. The van der Waals surface area contributed by atoms with Gasteiger partial charge in [0, 0.05) is 6.54 Å². The molecule has 0 radical (unpaired) electrons. The summed E-state index contributed by atoms with van der Waals surface area (Å²) < 4.78 is 0. The van der Waals surface area contributed by atoms with Crippen molar-refractivity contribution >= 4 is 5.97 Å².